The van der Waals surface area contributed by atoms with Crippen molar-refractivity contribution in [2.24, 2.45) is 0 Å². The van der Waals surface area contributed by atoms with E-state index >= 15 is 0 Å². The number of phenols is 10. The first-order chi connectivity index (χ1) is 55.0. The summed E-state index contributed by atoms with van der Waals surface area (Å²) in [5.74, 6) is -3.91. The number of nitrogens with one attached hydrogen (secondary N) is 6. The third-order valence-electron chi connectivity index (χ3n) is 22.5. The van der Waals surface area contributed by atoms with Crippen LogP contribution in [0.5, 0.6) is 57.5 Å². The van der Waals surface area contributed by atoms with Gasteiger partial charge in [0.15, 0.2) is 51.7 Å². The van der Waals surface area contributed by atoms with Crippen molar-refractivity contribution in [1.82, 2.24) is 29.9 Å². The lowest BCUT2D eigenvalue weighted by atomic mass is 9.65. The molecular formula is C96H78N6O11. The minimum absolute atomic E-state index is 0.0226. The second kappa shape index (κ2) is 29.0. The van der Waals surface area contributed by atoms with E-state index in [1.165, 1.54) is 57.3 Å². The molecule has 0 fully saturated rings. The molecule has 20 rings (SSSR count). The van der Waals surface area contributed by atoms with Gasteiger partial charge in [0.05, 0.1) is 0 Å². The number of aromatic amines is 6. The first-order valence-electron chi connectivity index (χ1n) is 37.2. The lowest BCUT2D eigenvalue weighted by molar-refractivity contribution is 0.146. The fourth-order valence-electron chi connectivity index (χ4n) is 17.1. The van der Waals surface area contributed by atoms with Crippen molar-refractivity contribution in [2.45, 2.75) is 49.0 Å². The quantitative estimate of drug-likeness (QED) is 0.0481. The first kappa shape index (κ1) is 71.3. The van der Waals surface area contributed by atoms with E-state index in [1.54, 1.807) is 24.4 Å². The predicted molar refractivity (Wildman–Crippen MR) is 444 cm³/mol. The maximum atomic E-state index is 12.2. The van der Waals surface area contributed by atoms with Gasteiger partial charge in [0.2, 0.25) is 0 Å². The highest BCUT2D eigenvalue weighted by Gasteiger charge is 2.44. The summed E-state index contributed by atoms with van der Waals surface area (Å²) in [5.41, 5.74) is 19.0. The average molecular weight is 1490 g/mol. The van der Waals surface area contributed by atoms with Crippen LogP contribution < -0.4 is 0 Å². The Morgan fingerprint density at radius 1 is 0.310 bits per heavy atom. The van der Waals surface area contributed by atoms with E-state index in [9.17, 15) is 56.2 Å². The molecule has 6 aromatic heterocycles. The Morgan fingerprint density at radius 2 is 0.637 bits per heavy atom. The Hall–Kier alpha value is -14.7. The van der Waals surface area contributed by atoms with Crippen molar-refractivity contribution < 1.29 is 56.2 Å². The van der Waals surface area contributed by atoms with Crippen molar-refractivity contribution in [1.29, 1.82) is 0 Å². The van der Waals surface area contributed by atoms with Gasteiger partial charge in [-0.2, -0.15) is 0 Å². The summed E-state index contributed by atoms with van der Waals surface area (Å²) in [5, 5.41) is 120. The number of allylic oxidation sites excluding steroid dienone is 3. The van der Waals surface area contributed by atoms with E-state index in [4.69, 9.17) is 0 Å². The summed E-state index contributed by atoms with van der Waals surface area (Å²) < 4.78 is 0. The van der Waals surface area contributed by atoms with Crippen LogP contribution >= 0.6 is 0 Å². The molecule has 0 amide bonds. The molecule has 0 saturated heterocycles. The Morgan fingerprint density at radius 3 is 1.06 bits per heavy atom. The van der Waals surface area contributed by atoms with Crippen molar-refractivity contribution in [2.75, 3.05) is 0 Å². The Kier molecular flexibility index (Phi) is 18.3. The number of hydrogen-bond donors (Lipinski definition) is 17. The second-order valence-electron chi connectivity index (χ2n) is 28.7. The molecule has 113 heavy (non-hydrogen) atoms. The molecule has 0 radical (unpaired) electrons. The van der Waals surface area contributed by atoms with Crippen molar-refractivity contribution in [3.8, 4) is 57.5 Å². The van der Waals surface area contributed by atoms with Crippen molar-refractivity contribution >= 4 is 76.6 Å². The zero-order valence-electron chi connectivity index (χ0n) is 61.1. The molecule has 2 atom stereocenters. The molecule has 17 N–H and O–H groups in total. The third-order valence-corrected chi connectivity index (χ3v) is 22.5. The molecule has 0 spiro atoms. The van der Waals surface area contributed by atoms with Gasteiger partial charge in [0, 0.05) is 131 Å². The molecule has 558 valence electrons. The maximum absolute atomic E-state index is 12.2. The number of aromatic hydroxyl groups is 10. The highest BCUT2D eigenvalue weighted by Crippen LogP contribution is 2.56. The van der Waals surface area contributed by atoms with E-state index in [0.29, 0.717) is 29.5 Å². The summed E-state index contributed by atoms with van der Waals surface area (Å²) in [6, 6.07) is 81.0. The van der Waals surface area contributed by atoms with E-state index in [0.717, 1.165) is 106 Å². The van der Waals surface area contributed by atoms with Crippen LogP contribution in [-0.4, -0.2) is 86.1 Å². The standard InChI is InChI=1S/C26H23NO3.C24H19NO4.C23H18N2O3.C23H18N2O/c1-2-26(17-13-23(28)25(30)24(29)14-17,20-12-11-16-7-3-4-8-18(16)20)21-15-27-22-10-6-5-9-19(21)22;26-21-11-15(12-22(27)23(21)28)24(29,18-10-9-14-5-1-2-6-16(14)18)19-13-25-20-8-4-3-7-17(19)20;26-20-9-13(10-21(27)23(20)28)22(16-11-24-18-7-3-1-5-14(16)18)17-12-25-19-8-4-2-6-15(17)19;26-16-7-5-6-15(12-16)23(19-13-24-21-10-3-1-8-17(19)21)20-14-25-22-11-4-2-9-18(20)22/h3-10,12-15,27-30H,2,11H2,1H3;1-8,10-13,25-29H,9H2;1-12,22,24-28H;1-14,23-26H. The van der Waals surface area contributed by atoms with Gasteiger partial charge in [-0.25, -0.2) is 0 Å². The molecule has 0 bridgehead atoms. The normalized spacial score (nSPS) is 13.4. The van der Waals surface area contributed by atoms with Crippen molar-refractivity contribution in [3.05, 3.63) is 382 Å². The highest BCUT2D eigenvalue weighted by atomic mass is 16.3. The molecule has 17 nitrogen and oxygen atoms in total. The molecule has 0 saturated carbocycles. The van der Waals surface area contributed by atoms with Crippen LogP contribution in [0, 0.1) is 0 Å². The van der Waals surface area contributed by atoms with Crippen molar-refractivity contribution in [3.63, 3.8) is 0 Å². The molecule has 18 aromatic rings. The number of aromatic nitrogens is 6. The fraction of sp³-hybridized carbons (Fsp3) is 0.0833. The largest absolute Gasteiger partial charge is 0.508 e. The number of aliphatic hydroxyl groups is 1. The summed E-state index contributed by atoms with van der Waals surface area (Å²) in [6.45, 7) is 2.12. The number of H-pyrrole nitrogens is 6. The molecule has 0 aliphatic heterocycles. The number of hydrogen-bond acceptors (Lipinski definition) is 11. The lowest BCUT2D eigenvalue weighted by Gasteiger charge is -2.36. The highest BCUT2D eigenvalue weighted by molar-refractivity contribution is 5.96. The van der Waals surface area contributed by atoms with Crippen LogP contribution in [0.2, 0.25) is 0 Å². The van der Waals surface area contributed by atoms with Crippen LogP contribution in [0.3, 0.4) is 0 Å². The van der Waals surface area contributed by atoms with Gasteiger partial charge in [-0.05, 0) is 182 Å². The summed E-state index contributed by atoms with van der Waals surface area (Å²) in [6.07, 6.45) is 18.3. The average Bonchev–Trinajstić information content (AvgIpc) is 1.63. The predicted octanol–water partition coefficient (Wildman–Crippen LogP) is 20.3. The van der Waals surface area contributed by atoms with Gasteiger partial charge in [0.1, 0.15) is 11.4 Å². The zero-order chi connectivity index (χ0) is 77.8. The summed E-state index contributed by atoms with van der Waals surface area (Å²) in [4.78, 5) is 20.0. The Bertz CT molecular complexity index is 6510. The number of fused-ring (bicyclic) bond motifs is 8. The van der Waals surface area contributed by atoms with Crippen LogP contribution in [0.15, 0.2) is 304 Å². The monoisotopic (exact) mass is 1490 g/mol. The fourth-order valence-corrected chi connectivity index (χ4v) is 17.1. The Balaban J connectivity index is 0.000000109. The first-order valence-corrected chi connectivity index (χ1v) is 37.2. The van der Waals surface area contributed by atoms with E-state index in [2.05, 4.69) is 116 Å². The van der Waals surface area contributed by atoms with Gasteiger partial charge >= 0.3 is 0 Å². The van der Waals surface area contributed by atoms with Gasteiger partial charge in [-0.3, -0.25) is 0 Å². The van der Waals surface area contributed by atoms with Gasteiger partial charge in [0.25, 0.3) is 0 Å². The van der Waals surface area contributed by atoms with Crippen LogP contribution in [0.1, 0.15) is 103 Å². The minimum atomic E-state index is -1.66. The molecule has 2 aliphatic rings. The number of benzene rings is 12. The summed E-state index contributed by atoms with van der Waals surface area (Å²) >= 11 is 0. The maximum Gasteiger partial charge on any atom is 0.200 e. The number of phenolic OH excluding ortho intramolecular Hbond substituents is 10. The molecule has 12 aromatic carbocycles. The molecular weight excluding hydrogens is 1410 g/mol. The number of rotatable bonds is 13. The lowest BCUT2D eigenvalue weighted by Crippen LogP contribution is -2.28. The van der Waals surface area contributed by atoms with Gasteiger partial charge in [-0.15, -0.1) is 0 Å². The van der Waals surface area contributed by atoms with E-state index in [-0.39, 0.29) is 46.1 Å². The van der Waals surface area contributed by atoms with Crippen LogP contribution in [-0.2, 0) is 23.9 Å². The van der Waals surface area contributed by atoms with E-state index in [1.807, 2.05) is 176 Å². The van der Waals surface area contributed by atoms with Gasteiger partial charge in [-0.1, -0.05) is 189 Å². The van der Waals surface area contributed by atoms with E-state index < -0.39 is 39.8 Å². The second-order valence-corrected chi connectivity index (χ2v) is 28.7. The Labute approximate surface area is 647 Å². The van der Waals surface area contributed by atoms with Crippen LogP contribution in [0.25, 0.3) is 76.6 Å². The topological polar surface area (TPSA) is 317 Å². The summed E-state index contributed by atoms with van der Waals surface area (Å²) in [7, 11) is 0. The number of para-hydroxylation sites is 6. The SMILES string of the molecule is CCC(C1=CCc2ccccc21)(c1cc(O)c(O)c(O)c1)c1c[nH]c2ccccc12.Oc1cc(C(O)(C2=CCc3ccccc32)c2c[nH]c3ccccc23)cc(O)c1O.Oc1cc(C(c2c[nH]c3ccccc23)c2c[nH]c3ccccc23)cc(O)c1O.Oc1cccc(C(c2c[nH]c3ccccc23)c2c[nH]c3ccccc23)c1. The van der Waals surface area contributed by atoms with Crippen LogP contribution in [0.4, 0.5) is 0 Å². The van der Waals surface area contributed by atoms with Gasteiger partial charge < -0.3 is 86.1 Å². The zero-order valence-corrected chi connectivity index (χ0v) is 61.1. The smallest absolute Gasteiger partial charge is 0.200 e. The molecule has 6 heterocycles. The molecule has 17 heteroatoms. The third kappa shape index (κ3) is 12.5. The minimum Gasteiger partial charge on any atom is -0.508 e. The molecule has 2 unspecified atom stereocenters. The molecule has 2 aliphatic carbocycles.